The number of hydrogen-bond donors (Lipinski definition) is 5. The van der Waals surface area contributed by atoms with Crippen molar-refractivity contribution in [1.29, 1.82) is 0 Å². The van der Waals surface area contributed by atoms with Crippen LogP contribution in [0.4, 0.5) is 0 Å². The van der Waals surface area contributed by atoms with Gasteiger partial charge in [0, 0.05) is 6.17 Å². The van der Waals surface area contributed by atoms with Crippen LogP contribution in [0.15, 0.2) is 72.6 Å². The number of carbonyl (C=O) groups is 1. The van der Waals surface area contributed by atoms with E-state index in [2.05, 4.69) is 4.98 Å². The zero-order chi connectivity index (χ0) is 34.0. The minimum Gasteiger partial charge on any atom is -0.508 e. The van der Waals surface area contributed by atoms with E-state index in [-0.39, 0.29) is 0 Å². The average molecular weight is 466 g/mol. The number of hydrogen-bond acceptors (Lipinski definition) is 8. The SMILES string of the molecule is [2H]c1nc(C(c2c([2H])c([2H])c(O)c([2H])c2[2H])c2c([2H])c([2H])c(O[C@@H]3O[C@H](C(=O)O)[C@@H](O)[C@H](O)[C@H]3O)c([2H])c2[2H])c([2H])c([2H])c1[2H]. The molecule has 0 aliphatic carbocycles. The van der Waals surface area contributed by atoms with Crippen LogP contribution in [0.5, 0.6) is 11.5 Å². The molecule has 1 saturated heterocycles. The Labute approximate surface area is 206 Å². The summed E-state index contributed by atoms with van der Waals surface area (Å²) in [4.78, 5) is 15.3. The van der Waals surface area contributed by atoms with Crippen molar-refractivity contribution in [3.63, 3.8) is 0 Å². The molecule has 3 aromatic rings. The highest BCUT2D eigenvalue weighted by atomic mass is 16.7. The Morgan fingerprint density at radius 1 is 0.939 bits per heavy atom. The van der Waals surface area contributed by atoms with Gasteiger partial charge in [0.25, 0.3) is 0 Å². The molecule has 6 atom stereocenters. The monoisotopic (exact) mass is 465 g/mol. The Morgan fingerprint density at radius 3 is 2.21 bits per heavy atom. The number of benzene rings is 2. The van der Waals surface area contributed by atoms with Crippen LogP contribution in [0.3, 0.4) is 0 Å². The molecule has 9 heteroatoms. The molecular weight excluding hydrogens is 430 g/mol. The van der Waals surface area contributed by atoms with Gasteiger partial charge in [-0.3, -0.25) is 4.98 Å². The van der Waals surface area contributed by atoms with Crippen molar-refractivity contribution in [3.05, 3.63) is 89.5 Å². The van der Waals surface area contributed by atoms with Crippen molar-refractivity contribution >= 4 is 5.97 Å². The number of pyridine rings is 1. The number of phenolic OH excluding ortho intramolecular Hbond substituents is 1. The first kappa shape index (κ1) is 12.1. The molecule has 0 spiro atoms. The Balaban J connectivity index is 2.02. The molecule has 1 aromatic heterocycles. The fourth-order valence-corrected chi connectivity index (χ4v) is 3.03. The fourth-order valence-electron chi connectivity index (χ4n) is 3.03. The molecule has 0 radical (unpaired) electrons. The van der Waals surface area contributed by atoms with Gasteiger partial charge in [-0.25, -0.2) is 4.79 Å². The first-order valence-corrected chi connectivity index (χ1v) is 9.27. The van der Waals surface area contributed by atoms with E-state index in [0.717, 1.165) is 0 Å². The van der Waals surface area contributed by atoms with E-state index >= 15 is 0 Å². The van der Waals surface area contributed by atoms with E-state index in [9.17, 15) is 30.3 Å². The minimum atomic E-state index is -2.14. The largest absolute Gasteiger partial charge is 0.508 e. The van der Waals surface area contributed by atoms with Crippen molar-refractivity contribution in [2.45, 2.75) is 36.6 Å². The maximum atomic E-state index is 11.5. The molecule has 33 heavy (non-hydrogen) atoms. The first-order valence-electron chi connectivity index (χ1n) is 15.3. The predicted molar refractivity (Wildman–Crippen MR) is 115 cm³/mol. The summed E-state index contributed by atoms with van der Waals surface area (Å²) in [7, 11) is 0. The molecule has 1 aliphatic heterocycles. The maximum Gasteiger partial charge on any atom is 0.335 e. The highest BCUT2D eigenvalue weighted by Gasteiger charge is 2.48. The van der Waals surface area contributed by atoms with Crippen LogP contribution in [-0.2, 0) is 9.53 Å². The van der Waals surface area contributed by atoms with Crippen LogP contribution < -0.4 is 4.74 Å². The first-order chi connectivity index (χ1) is 20.8. The van der Waals surface area contributed by atoms with Gasteiger partial charge >= 0.3 is 5.97 Å². The van der Waals surface area contributed by atoms with Gasteiger partial charge in [0.05, 0.1) is 28.1 Å². The molecule has 0 amide bonds. The topological polar surface area (TPSA) is 150 Å². The molecule has 1 aliphatic rings. The molecule has 5 N–H and O–H groups in total. The van der Waals surface area contributed by atoms with Crippen LogP contribution in [0.25, 0.3) is 0 Å². The highest BCUT2D eigenvalue weighted by molar-refractivity contribution is 5.73. The zero-order valence-corrected chi connectivity index (χ0v) is 16.4. The van der Waals surface area contributed by atoms with Gasteiger partial charge in [0.15, 0.2) is 6.10 Å². The molecule has 172 valence electrons. The molecule has 1 unspecified atom stereocenters. The summed E-state index contributed by atoms with van der Waals surface area (Å²) in [5, 5.41) is 49.7. The van der Waals surface area contributed by atoms with E-state index in [1.54, 1.807) is 0 Å². The summed E-state index contributed by atoms with van der Waals surface area (Å²) in [6.45, 7) is 0. The molecule has 4 rings (SSSR count). The molecule has 9 nitrogen and oxygen atoms in total. The lowest BCUT2D eigenvalue weighted by atomic mass is 9.88. The number of carboxylic acids is 1. The van der Waals surface area contributed by atoms with Crippen molar-refractivity contribution in [3.8, 4) is 11.5 Å². The van der Waals surface area contributed by atoms with Gasteiger partial charge in [-0.05, 0) is 47.4 Å². The number of phenols is 1. The number of ether oxygens (including phenoxy) is 2. The van der Waals surface area contributed by atoms with E-state index in [1.165, 1.54) is 0 Å². The molecule has 0 saturated carbocycles. The Bertz CT molecular complexity index is 1670. The van der Waals surface area contributed by atoms with Crippen LogP contribution >= 0.6 is 0 Å². The predicted octanol–water partition coefficient (Wildman–Crippen LogP) is 1.24. The van der Waals surface area contributed by atoms with Crippen molar-refractivity contribution in [2.24, 2.45) is 0 Å². The summed E-state index contributed by atoms with van der Waals surface area (Å²) >= 11 is 0. The normalized spacial score (nSPS) is 30.9. The van der Waals surface area contributed by atoms with Crippen LogP contribution in [0.2, 0.25) is 0 Å². The summed E-state index contributed by atoms with van der Waals surface area (Å²) in [5.74, 6) is -5.84. The van der Waals surface area contributed by atoms with Gasteiger partial charge in [0.2, 0.25) is 6.29 Å². The van der Waals surface area contributed by atoms with Gasteiger partial charge in [-0.1, -0.05) is 30.2 Å². The summed E-state index contributed by atoms with van der Waals surface area (Å²) in [6, 6.07) is -10.5. The van der Waals surface area contributed by atoms with Gasteiger partial charge in [-0.2, -0.15) is 0 Å². The van der Waals surface area contributed by atoms with Crippen molar-refractivity contribution in [1.82, 2.24) is 4.98 Å². The lowest BCUT2D eigenvalue weighted by Crippen LogP contribution is -2.61. The summed E-state index contributed by atoms with van der Waals surface area (Å²) in [5.41, 5.74) is -2.19. The second kappa shape index (κ2) is 9.55. The third-order valence-corrected chi connectivity index (χ3v) is 4.64. The molecule has 0 bridgehead atoms. The number of aromatic hydroxyl groups is 1. The van der Waals surface area contributed by atoms with E-state index in [1.807, 2.05) is 0 Å². The number of carboxylic acid groups (broad SMARTS) is 1. The third kappa shape index (κ3) is 4.81. The average Bonchev–Trinajstić information content (AvgIpc) is 2.99. The number of aliphatic hydroxyl groups is 3. The molecule has 1 fully saturated rings. The van der Waals surface area contributed by atoms with Crippen molar-refractivity contribution in [2.75, 3.05) is 0 Å². The minimum absolute atomic E-state index is 0.714. The highest BCUT2D eigenvalue weighted by Crippen LogP contribution is 2.33. The Hall–Kier alpha value is -3.50. The second-order valence-corrected chi connectivity index (χ2v) is 6.77. The van der Waals surface area contributed by atoms with E-state index in [0.29, 0.717) is 0 Å². The number of aliphatic hydroxyl groups excluding tert-OH is 3. The summed E-state index contributed by atoms with van der Waals surface area (Å²) in [6.07, 6.45) is -11.5. The van der Waals surface area contributed by atoms with Crippen LogP contribution in [0.1, 0.15) is 39.2 Å². The molecule has 2 heterocycles. The zero-order valence-electron chi connectivity index (χ0n) is 28.4. The van der Waals surface area contributed by atoms with Gasteiger partial charge in [0.1, 0.15) is 29.8 Å². The van der Waals surface area contributed by atoms with Crippen LogP contribution in [0, 0.1) is 0 Å². The summed E-state index contributed by atoms with van der Waals surface area (Å²) < 4.78 is 110. The Morgan fingerprint density at radius 2 is 1.58 bits per heavy atom. The van der Waals surface area contributed by atoms with Gasteiger partial charge < -0.3 is 35.0 Å². The third-order valence-electron chi connectivity index (χ3n) is 4.64. The van der Waals surface area contributed by atoms with E-state index in [4.69, 9.17) is 25.9 Å². The standard InChI is InChI=1S/C24H23NO8/c26-15-8-4-13(5-9-15)18(17-3-1-2-12-25-17)14-6-10-16(11-7-14)32-24-21(29)19(27)20(28)22(33-24)23(30)31/h1-12,18-22,24,26-29H,(H,30,31)/t18?,19-,20-,21+,22-,24+/m0/s1/i1D,2D,3D,4D,5D,6D,7D,8D,9D,10D,11D,12D. The maximum absolute atomic E-state index is 11.5. The van der Waals surface area contributed by atoms with Crippen molar-refractivity contribution < 1.29 is 56.3 Å². The number of aromatic nitrogens is 1. The number of aliphatic carboxylic acids is 1. The lowest BCUT2D eigenvalue weighted by Gasteiger charge is -2.38. The number of rotatable bonds is 6. The lowest BCUT2D eigenvalue weighted by molar-refractivity contribution is -0.271. The number of nitrogens with zero attached hydrogens (tertiary/aromatic N) is 1. The second-order valence-electron chi connectivity index (χ2n) is 6.77. The molecule has 2 aromatic carbocycles. The quantitative estimate of drug-likeness (QED) is 0.362. The van der Waals surface area contributed by atoms with Gasteiger partial charge in [-0.15, -0.1) is 0 Å². The fraction of sp³-hybridized carbons (Fsp3) is 0.250. The Kier molecular flexibility index (Phi) is 3.50. The molecular formula is C24H23NO8. The van der Waals surface area contributed by atoms with E-state index < -0.39 is 144 Å². The van der Waals surface area contributed by atoms with Crippen LogP contribution in [-0.4, -0.2) is 67.2 Å². The smallest absolute Gasteiger partial charge is 0.335 e.